The van der Waals surface area contributed by atoms with E-state index in [0.717, 1.165) is 35.6 Å². The Kier molecular flexibility index (Phi) is 7.25. The van der Waals surface area contributed by atoms with Crippen molar-refractivity contribution < 1.29 is 0 Å². The lowest BCUT2D eigenvalue weighted by molar-refractivity contribution is 0.783. The lowest BCUT2D eigenvalue weighted by Crippen LogP contribution is -2.37. The van der Waals surface area contributed by atoms with Crippen LogP contribution in [-0.4, -0.2) is 30.3 Å². The summed E-state index contributed by atoms with van der Waals surface area (Å²) < 4.78 is 1.14. The van der Waals surface area contributed by atoms with E-state index in [4.69, 9.17) is 0 Å². The molecule has 0 radical (unpaired) electrons. The van der Waals surface area contributed by atoms with Crippen molar-refractivity contribution in [2.75, 3.05) is 19.3 Å². The first-order valence-corrected chi connectivity index (χ1v) is 9.17. The maximum Gasteiger partial charge on any atom is 0.191 e. The molecule has 0 atom stereocenters. The number of rotatable bonds is 7. The molecule has 0 saturated carbocycles. The Morgan fingerprint density at radius 2 is 2.18 bits per heavy atom. The van der Waals surface area contributed by atoms with Gasteiger partial charge in [0.2, 0.25) is 0 Å². The number of hydrogen-bond donors (Lipinski definition) is 2. The summed E-state index contributed by atoms with van der Waals surface area (Å²) >= 11 is 3.50. The minimum atomic E-state index is 0.792. The molecule has 2 N–H and O–H groups in total. The molecule has 1 heterocycles. The van der Waals surface area contributed by atoms with Crippen molar-refractivity contribution in [3.05, 3.63) is 47.0 Å². The molecule has 0 amide bonds. The van der Waals surface area contributed by atoms with Crippen molar-refractivity contribution >= 4 is 29.1 Å². The second kappa shape index (κ2) is 9.48. The lowest BCUT2D eigenvalue weighted by atomic mass is 10.1. The largest absolute Gasteiger partial charge is 0.356 e. The van der Waals surface area contributed by atoms with Crippen LogP contribution in [0.25, 0.3) is 0 Å². The average Bonchev–Trinajstić information content (AvgIpc) is 3.05. The van der Waals surface area contributed by atoms with E-state index < -0.39 is 0 Å². The fourth-order valence-electron chi connectivity index (χ4n) is 1.93. The highest BCUT2D eigenvalue weighted by Crippen LogP contribution is 2.20. The standard InChI is InChI=1S/C16H22N4S2/c1-13-6-3-4-7-14(13)12-20-15(17-2)18-8-5-10-21-16-19-9-11-22-16/h3-4,6-7,9,11H,5,8,10,12H2,1-2H3,(H2,17,18,20). The first kappa shape index (κ1) is 16.8. The Bertz CT molecular complexity index is 582. The molecule has 0 aliphatic heterocycles. The van der Waals surface area contributed by atoms with Crippen LogP contribution < -0.4 is 10.6 Å². The molecular weight excluding hydrogens is 312 g/mol. The van der Waals surface area contributed by atoms with E-state index in [1.54, 1.807) is 30.1 Å². The summed E-state index contributed by atoms with van der Waals surface area (Å²) in [4.78, 5) is 8.52. The van der Waals surface area contributed by atoms with Crippen molar-refractivity contribution in [2.24, 2.45) is 4.99 Å². The number of hydrogen-bond acceptors (Lipinski definition) is 4. The number of benzene rings is 1. The topological polar surface area (TPSA) is 49.3 Å². The monoisotopic (exact) mass is 334 g/mol. The second-order valence-corrected chi connectivity index (χ2v) is 7.02. The molecule has 0 spiro atoms. The number of aliphatic imine (C=N–C) groups is 1. The Hall–Kier alpha value is -1.53. The zero-order valence-corrected chi connectivity index (χ0v) is 14.6. The van der Waals surface area contributed by atoms with Gasteiger partial charge < -0.3 is 10.6 Å². The highest BCUT2D eigenvalue weighted by molar-refractivity contribution is 8.00. The van der Waals surface area contributed by atoms with Crippen LogP contribution in [0.1, 0.15) is 17.5 Å². The number of thioether (sulfide) groups is 1. The van der Waals surface area contributed by atoms with E-state index in [1.165, 1.54) is 11.1 Å². The van der Waals surface area contributed by atoms with Crippen LogP contribution in [0.3, 0.4) is 0 Å². The summed E-state index contributed by atoms with van der Waals surface area (Å²) in [6.45, 7) is 3.83. The number of nitrogens with one attached hydrogen (secondary N) is 2. The van der Waals surface area contributed by atoms with Crippen LogP contribution in [0.15, 0.2) is 45.2 Å². The Morgan fingerprint density at radius 1 is 1.32 bits per heavy atom. The highest BCUT2D eigenvalue weighted by Gasteiger charge is 2.01. The van der Waals surface area contributed by atoms with Crippen LogP contribution in [0.5, 0.6) is 0 Å². The summed E-state index contributed by atoms with van der Waals surface area (Å²) in [7, 11) is 1.80. The average molecular weight is 335 g/mol. The molecule has 6 heteroatoms. The molecule has 0 saturated heterocycles. The van der Waals surface area contributed by atoms with Crippen LogP contribution in [0, 0.1) is 6.92 Å². The van der Waals surface area contributed by atoms with Crippen LogP contribution >= 0.6 is 23.1 Å². The minimum absolute atomic E-state index is 0.792. The van der Waals surface area contributed by atoms with Crippen molar-refractivity contribution in [3.8, 4) is 0 Å². The third kappa shape index (κ3) is 5.69. The predicted molar refractivity (Wildman–Crippen MR) is 96.8 cm³/mol. The van der Waals surface area contributed by atoms with Crippen molar-refractivity contribution in [3.63, 3.8) is 0 Å². The van der Waals surface area contributed by atoms with Crippen molar-refractivity contribution in [1.82, 2.24) is 15.6 Å². The van der Waals surface area contributed by atoms with Gasteiger partial charge in [0, 0.05) is 37.5 Å². The van der Waals surface area contributed by atoms with Crippen molar-refractivity contribution in [2.45, 2.75) is 24.2 Å². The molecule has 4 nitrogen and oxygen atoms in total. The van der Waals surface area contributed by atoms with Crippen LogP contribution in [0.4, 0.5) is 0 Å². The Labute approximate surface area is 140 Å². The maximum atomic E-state index is 4.26. The number of guanidine groups is 1. The third-order valence-electron chi connectivity index (χ3n) is 3.18. The molecule has 0 fully saturated rings. The molecular formula is C16H22N4S2. The molecule has 0 bridgehead atoms. The Morgan fingerprint density at radius 3 is 2.91 bits per heavy atom. The fraction of sp³-hybridized carbons (Fsp3) is 0.375. The number of nitrogens with zero attached hydrogens (tertiary/aromatic N) is 2. The quantitative estimate of drug-likeness (QED) is 0.353. The van der Waals surface area contributed by atoms with Gasteiger partial charge in [-0.15, -0.1) is 11.3 Å². The van der Waals surface area contributed by atoms with Gasteiger partial charge in [0.15, 0.2) is 5.96 Å². The molecule has 0 unspecified atom stereocenters. The van der Waals surface area contributed by atoms with E-state index >= 15 is 0 Å². The highest BCUT2D eigenvalue weighted by atomic mass is 32.2. The van der Waals surface area contributed by atoms with E-state index in [9.17, 15) is 0 Å². The minimum Gasteiger partial charge on any atom is -0.356 e. The third-order valence-corrected chi connectivity index (χ3v) is 5.23. The summed E-state index contributed by atoms with van der Waals surface area (Å²) in [6.07, 6.45) is 2.93. The SMILES string of the molecule is CN=C(NCCCSc1nccs1)NCc1ccccc1C. The van der Waals surface area contributed by atoms with E-state index in [0.29, 0.717) is 0 Å². The van der Waals surface area contributed by atoms with E-state index in [2.05, 4.69) is 51.8 Å². The predicted octanol–water partition coefficient (Wildman–Crippen LogP) is 3.30. The molecule has 118 valence electrons. The van der Waals surface area contributed by atoms with Gasteiger partial charge in [0.05, 0.1) is 0 Å². The van der Waals surface area contributed by atoms with E-state index in [-0.39, 0.29) is 0 Å². The van der Waals surface area contributed by atoms with Gasteiger partial charge in [0.1, 0.15) is 4.34 Å². The first-order chi connectivity index (χ1) is 10.8. The van der Waals surface area contributed by atoms with Crippen LogP contribution in [-0.2, 0) is 6.54 Å². The second-order valence-electron chi connectivity index (χ2n) is 4.78. The summed E-state index contributed by atoms with van der Waals surface area (Å²) in [6, 6.07) is 8.39. The fourth-order valence-corrected chi connectivity index (χ4v) is 3.58. The van der Waals surface area contributed by atoms with Gasteiger partial charge in [-0.05, 0) is 24.5 Å². The molecule has 2 rings (SSSR count). The Balaban J connectivity index is 1.64. The van der Waals surface area contributed by atoms with Crippen molar-refractivity contribution in [1.29, 1.82) is 0 Å². The molecule has 2 aromatic rings. The number of thiazole rings is 1. The molecule has 1 aromatic carbocycles. The zero-order chi connectivity index (χ0) is 15.6. The van der Waals surface area contributed by atoms with Gasteiger partial charge in [-0.3, -0.25) is 4.99 Å². The zero-order valence-electron chi connectivity index (χ0n) is 13.0. The normalized spacial score (nSPS) is 11.5. The molecule has 0 aliphatic carbocycles. The number of aryl methyl sites for hydroxylation is 1. The van der Waals surface area contributed by atoms with E-state index in [1.807, 2.05) is 11.6 Å². The summed E-state index contributed by atoms with van der Waals surface area (Å²) in [5, 5.41) is 8.71. The smallest absolute Gasteiger partial charge is 0.191 e. The number of aromatic nitrogens is 1. The first-order valence-electron chi connectivity index (χ1n) is 7.31. The molecule has 0 aliphatic rings. The molecule has 1 aromatic heterocycles. The van der Waals surface area contributed by atoms with Gasteiger partial charge in [-0.2, -0.15) is 0 Å². The summed E-state index contributed by atoms with van der Waals surface area (Å²) in [5.74, 6) is 1.91. The van der Waals surface area contributed by atoms with Gasteiger partial charge in [0.25, 0.3) is 0 Å². The van der Waals surface area contributed by atoms with Gasteiger partial charge in [-0.25, -0.2) is 4.98 Å². The lowest BCUT2D eigenvalue weighted by Gasteiger charge is -2.12. The molecule has 22 heavy (non-hydrogen) atoms. The summed E-state index contributed by atoms with van der Waals surface area (Å²) in [5.41, 5.74) is 2.59. The van der Waals surface area contributed by atoms with Gasteiger partial charge in [-0.1, -0.05) is 36.0 Å². The maximum absolute atomic E-state index is 4.26. The van der Waals surface area contributed by atoms with Gasteiger partial charge >= 0.3 is 0 Å². The van der Waals surface area contributed by atoms with Crippen LogP contribution in [0.2, 0.25) is 0 Å².